The molecule has 6 nitrogen and oxygen atoms in total. The fourth-order valence-corrected chi connectivity index (χ4v) is 2.87. The molecule has 24 heavy (non-hydrogen) atoms. The van der Waals surface area contributed by atoms with Gasteiger partial charge in [-0.1, -0.05) is 24.3 Å². The smallest absolute Gasteiger partial charge is 0.240 e. The van der Waals surface area contributed by atoms with Crippen LogP contribution in [0, 0.1) is 0 Å². The summed E-state index contributed by atoms with van der Waals surface area (Å²) in [6.45, 7) is 0.336. The molecular formula is C17H20N2O4S. The average Bonchev–Trinajstić information content (AvgIpc) is 2.60. The third kappa shape index (κ3) is 4.81. The van der Waals surface area contributed by atoms with Crippen LogP contribution < -0.4 is 14.8 Å². The first-order valence-corrected chi connectivity index (χ1v) is 8.85. The summed E-state index contributed by atoms with van der Waals surface area (Å²) in [5, 5.41) is 2.81. The molecule has 0 atom stereocenters. The van der Waals surface area contributed by atoms with Crippen molar-refractivity contribution in [3.05, 3.63) is 59.7 Å². The van der Waals surface area contributed by atoms with Gasteiger partial charge in [0.1, 0.15) is 5.75 Å². The molecule has 1 amide bonds. The van der Waals surface area contributed by atoms with Crippen LogP contribution in [0.3, 0.4) is 0 Å². The van der Waals surface area contributed by atoms with E-state index in [2.05, 4.69) is 10.0 Å². The highest BCUT2D eigenvalue weighted by molar-refractivity contribution is 7.89. The minimum absolute atomic E-state index is 0.116. The first kappa shape index (κ1) is 18.0. The van der Waals surface area contributed by atoms with Gasteiger partial charge >= 0.3 is 0 Å². The summed E-state index contributed by atoms with van der Waals surface area (Å²) in [6.07, 6.45) is 0.253. The zero-order chi connectivity index (χ0) is 17.6. The molecule has 0 saturated carbocycles. The van der Waals surface area contributed by atoms with Crippen molar-refractivity contribution in [2.75, 3.05) is 14.2 Å². The Morgan fingerprint density at radius 2 is 1.79 bits per heavy atom. The SMILES string of the molecule is CNS(=O)(=O)c1ccc(CNC(=O)Cc2cccc(OC)c2)cc1. The van der Waals surface area contributed by atoms with E-state index >= 15 is 0 Å². The van der Waals surface area contributed by atoms with Gasteiger partial charge in [0, 0.05) is 6.54 Å². The molecule has 0 unspecified atom stereocenters. The van der Waals surface area contributed by atoms with Crippen molar-refractivity contribution in [3.8, 4) is 5.75 Å². The lowest BCUT2D eigenvalue weighted by molar-refractivity contribution is -0.120. The summed E-state index contributed by atoms with van der Waals surface area (Å²) in [4.78, 5) is 12.2. The minimum atomic E-state index is -3.44. The summed E-state index contributed by atoms with van der Waals surface area (Å²) < 4.78 is 30.7. The predicted molar refractivity (Wildman–Crippen MR) is 91.2 cm³/mol. The van der Waals surface area contributed by atoms with Crippen molar-refractivity contribution in [3.63, 3.8) is 0 Å². The number of hydrogen-bond acceptors (Lipinski definition) is 4. The molecule has 7 heteroatoms. The van der Waals surface area contributed by atoms with Crippen LogP contribution in [0.15, 0.2) is 53.4 Å². The van der Waals surface area contributed by atoms with Gasteiger partial charge in [-0.25, -0.2) is 13.1 Å². The van der Waals surface area contributed by atoms with Gasteiger partial charge < -0.3 is 10.1 Å². The molecule has 2 rings (SSSR count). The van der Waals surface area contributed by atoms with Crippen LogP contribution in [0.2, 0.25) is 0 Å². The lowest BCUT2D eigenvalue weighted by Crippen LogP contribution is -2.24. The van der Waals surface area contributed by atoms with E-state index in [1.165, 1.54) is 19.2 Å². The Hall–Kier alpha value is -2.38. The van der Waals surface area contributed by atoms with Gasteiger partial charge in [-0.2, -0.15) is 0 Å². The van der Waals surface area contributed by atoms with E-state index in [4.69, 9.17) is 4.74 Å². The summed E-state index contributed by atoms with van der Waals surface area (Å²) in [6, 6.07) is 13.7. The van der Waals surface area contributed by atoms with Gasteiger partial charge in [-0.3, -0.25) is 4.79 Å². The van der Waals surface area contributed by atoms with Gasteiger partial charge in [0.25, 0.3) is 0 Å². The van der Waals surface area contributed by atoms with Gasteiger partial charge in [0.15, 0.2) is 0 Å². The van der Waals surface area contributed by atoms with Crippen molar-refractivity contribution in [2.24, 2.45) is 0 Å². The van der Waals surface area contributed by atoms with E-state index in [0.717, 1.165) is 11.1 Å². The number of hydrogen-bond donors (Lipinski definition) is 2. The molecule has 0 heterocycles. The lowest BCUT2D eigenvalue weighted by Gasteiger charge is -2.08. The minimum Gasteiger partial charge on any atom is -0.497 e. The number of methoxy groups -OCH3 is 1. The van der Waals surface area contributed by atoms with Crippen molar-refractivity contribution >= 4 is 15.9 Å². The second-order valence-corrected chi connectivity index (χ2v) is 7.04. The van der Waals surface area contributed by atoms with Crippen LogP contribution >= 0.6 is 0 Å². The maximum atomic E-state index is 12.0. The second kappa shape index (κ2) is 7.94. The summed E-state index contributed by atoms with van der Waals surface area (Å²) >= 11 is 0. The number of carbonyl (C=O) groups excluding carboxylic acids is 1. The number of rotatable bonds is 7. The molecule has 0 aliphatic heterocycles. The standard InChI is InChI=1S/C17H20N2O4S/c1-18-24(21,22)16-8-6-13(7-9-16)12-19-17(20)11-14-4-3-5-15(10-14)23-2/h3-10,18H,11-12H2,1-2H3,(H,19,20). The Labute approximate surface area is 141 Å². The highest BCUT2D eigenvalue weighted by atomic mass is 32.2. The highest BCUT2D eigenvalue weighted by Gasteiger charge is 2.10. The Morgan fingerprint density at radius 1 is 1.08 bits per heavy atom. The number of carbonyl (C=O) groups is 1. The maximum absolute atomic E-state index is 12.0. The molecule has 128 valence electrons. The first-order chi connectivity index (χ1) is 11.4. The van der Waals surface area contributed by atoms with E-state index < -0.39 is 10.0 Å². The molecular weight excluding hydrogens is 328 g/mol. The zero-order valence-corrected chi connectivity index (χ0v) is 14.4. The van der Waals surface area contributed by atoms with Crippen molar-refractivity contribution in [1.29, 1.82) is 0 Å². The summed E-state index contributed by atoms with van der Waals surface area (Å²) in [7, 11) is -0.499. The van der Waals surface area contributed by atoms with Crippen molar-refractivity contribution in [2.45, 2.75) is 17.9 Å². The quantitative estimate of drug-likeness (QED) is 0.793. The third-order valence-corrected chi connectivity index (χ3v) is 4.92. The molecule has 0 fully saturated rings. The van der Waals surface area contributed by atoms with Crippen LogP contribution in [-0.4, -0.2) is 28.5 Å². The van der Waals surface area contributed by atoms with Crippen LogP contribution in [0.25, 0.3) is 0 Å². The zero-order valence-electron chi connectivity index (χ0n) is 13.6. The fraction of sp³-hybridized carbons (Fsp3) is 0.235. The molecule has 0 spiro atoms. The molecule has 2 aromatic carbocycles. The van der Waals surface area contributed by atoms with Crippen LogP contribution in [0.1, 0.15) is 11.1 Å². The van der Waals surface area contributed by atoms with Crippen molar-refractivity contribution in [1.82, 2.24) is 10.0 Å². The molecule has 0 radical (unpaired) electrons. The van der Waals surface area contributed by atoms with E-state index in [0.29, 0.717) is 12.3 Å². The monoisotopic (exact) mass is 348 g/mol. The Morgan fingerprint density at radius 3 is 2.42 bits per heavy atom. The fourth-order valence-electron chi connectivity index (χ4n) is 2.14. The van der Waals surface area contributed by atoms with Gasteiger partial charge in [0.05, 0.1) is 18.4 Å². The van der Waals surface area contributed by atoms with E-state index in [9.17, 15) is 13.2 Å². The number of nitrogens with one attached hydrogen (secondary N) is 2. The molecule has 2 aromatic rings. The van der Waals surface area contributed by atoms with E-state index in [1.54, 1.807) is 19.2 Å². The maximum Gasteiger partial charge on any atom is 0.240 e. The molecule has 0 bridgehead atoms. The van der Waals surface area contributed by atoms with Crippen molar-refractivity contribution < 1.29 is 17.9 Å². The van der Waals surface area contributed by atoms with Crippen LogP contribution in [0.4, 0.5) is 0 Å². The normalized spacial score (nSPS) is 11.1. The lowest BCUT2D eigenvalue weighted by atomic mass is 10.1. The van der Waals surface area contributed by atoms with Gasteiger partial charge in [-0.15, -0.1) is 0 Å². The summed E-state index contributed by atoms with van der Waals surface area (Å²) in [5.41, 5.74) is 1.69. The van der Waals surface area contributed by atoms with Gasteiger partial charge in [-0.05, 0) is 42.4 Å². The first-order valence-electron chi connectivity index (χ1n) is 7.37. The Balaban J connectivity index is 1.92. The van der Waals surface area contributed by atoms with E-state index in [1.807, 2.05) is 24.3 Å². The molecule has 0 aliphatic carbocycles. The third-order valence-electron chi connectivity index (χ3n) is 3.49. The topological polar surface area (TPSA) is 84.5 Å². The number of ether oxygens (including phenoxy) is 1. The molecule has 0 aliphatic rings. The average molecular weight is 348 g/mol. The predicted octanol–water partition coefficient (Wildman–Crippen LogP) is 1.46. The Kier molecular flexibility index (Phi) is 5.94. The van der Waals surface area contributed by atoms with E-state index in [-0.39, 0.29) is 17.2 Å². The molecule has 0 aromatic heterocycles. The highest BCUT2D eigenvalue weighted by Crippen LogP contribution is 2.13. The molecule has 0 saturated heterocycles. The van der Waals surface area contributed by atoms with Crippen LogP contribution in [0.5, 0.6) is 5.75 Å². The number of sulfonamides is 1. The second-order valence-electron chi connectivity index (χ2n) is 5.16. The van der Waals surface area contributed by atoms with Gasteiger partial charge in [0.2, 0.25) is 15.9 Å². The summed E-state index contributed by atoms with van der Waals surface area (Å²) in [5.74, 6) is 0.594. The number of amides is 1. The van der Waals surface area contributed by atoms with Crippen LogP contribution in [-0.2, 0) is 27.8 Å². The Bertz CT molecular complexity index is 802. The molecule has 2 N–H and O–H groups in total. The largest absolute Gasteiger partial charge is 0.497 e. The number of benzene rings is 2.